The normalized spacial score (nSPS) is 10.4. The van der Waals surface area contributed by atoms with E-state index in [-0.39, 0.29) is 15.5 Å². The Morgan fingerprint density at radius 1 is 1.40 bits per heavy atom. The molecule has 2 nitrogen and oxygen atoms in total. The van der Waals surface area contributed by atoms with Crippen LogP contribution in [0.4, 0.5) is 8.78 Å². The highest BCUT2D eigenvalue weighted by Gasteiger charge is 2.04. The van der Waals surface area contributed by atoms with Gasteiger partial charge < -0.3 is 4.74 Å². The average Bonchev–Trinajstić information content (AvgIpc) is 2.15. The molecule has 0 aromatic rings. The van der Waals surface area contributed by atoms with E-state index < -0.39 is 6.05 Å². The second-order valence-electron chi connectivity index (χ2n) is 3.23. The summed E-state index contributed by atoms with van der Waals surface area (Å²) < 4.78 is 28.3. The van der Waals surface area contributed by atoms with Crippen molar-refractivity contribution in [2.45, 2.75) is 38.3 Å². The molecule has 0 saturated heterocycles. The van der Waals surface area contributed by atoms with Gasteiger partial charge in [-0.05, 0) is 13.3 Å². The van der Waals surface area contributed by atoms with E-state index in [1.54, 1.807) is 6.92 Å². The molecule has 0 aromatic carbocycles. The van der Waals surface area contributed by atoms with Crippen molar-refractivity contribution in [2.24, 2.45) is 0 Å². The van der Waals surface area contributed by atoms with Gasteiger partial charge in [-0.25, -0.2) is 13.6 Å². The third-order valence-electron chi connectivity index (χ3n) is 1.70. The van der Waals surface area contributed by atoms with Crippen LogP contribution < -0.4 is 0 Å². The molecule has 0 N–H and O–H groups in total. The van der Waals surface area contributed by atoms with Crippen LogP contribution in [-0.4, -0.2) is 28.1 Å². The third-order valence-corrected chi connectivity index (χ3v) is 2.65. The first-order chi connectivity index (χ1) is 7.04. The summed E-state index contributed by atoms with van der Waals surface area (Å²) in [6, 6.07) is -1.61. The van der Waals surface area contributed by atoms with Crippen LogP contribution in [0.3, 0.4) is 0 Å². The zero-order valence-electron chi connectivity index (χ0n) is 8.89. The lowest BCUT2D eigenvalue weighted by atomic mass is 10.3. The summed E-state index contributed by atoms with van der Waals surface area (Å²) in [4.78, 5) is 10.9. The molecule has 0 heterocycles. The van der Waals surface area contributed by atoms with Gasteiger partial charge in [0.15, 0.2) is 0 Å². The summed E-state index contributed by atoms with van der Waals surface area (Å²) in [5.74, 6) is -0.385. The Morgan fingerprint density at radius 2 is 2.07 bits per heavy atom. The van der Waals surface area contributed by atoms with Crippen LogP contribution in [0.2, 0.25) is 6.04 Å². The van der Waals surface area contributed by atoms with E-state index >= 15 is 0 Å². The molecule has 0 saturated carbocycles. The van der Waals surface area contributed by atoms with Gasteiger partial charge in [0.1, 0.15) is 9.52 Å². The second-order valence-corrected chi connectivity index (χ2v) is 4.58. The smallest absolute Gasteiger partial charge is 0.333 e. The molecule has 0 atom stereocenters. The minimum Gasteiger partial charge on any atom is -0.462 e. The van der Waals surface area contributed by atoms with Crippen molar-refractivity contribution in [1.29, 1.82) is 0 Å². The van der Waals surface area contributed by atoms with Crippen molar-refractivity contribution < 1.29 is 18.3 Å². The maximum Gasteiger partial charge on any atom is 0.333 e. The Morgan fingerprint density at radius 3 is 2.60 bits per heavy atom. The number of ether oxygens (including phenoxy) is 1. The van der Waals surface area contributed by atoms with Crippen LogP contribution >= 0.6 is 0 Å². The van der Waals surface area contributed by atoms with Crippen molar-refractivity contribution in [3.8, 4) is 0 Å². The number of halogens is 2. The SMILES string of the molecule is C=C(C)C(=O)OCCCCC[Si]C(F)F. The van der Waals surface area contributed by atoms with Crippen molar-refractivity contribution in [2.75, 3.05) is 6.61 Å². The number of carbonyl (C=O) groups excluding carboxylic acids is 1. The largest absolute Gasteiger partial charge is 0.462 e. The molecule has 0 fully saturated rings. The number of alkyl halides is 2. The number of hydrogen-bond acceptors (Lipinski definition) is 2. The van der Waals surface area contributed by atoms with Gasteiger partial charge in [-0.1, -0.05) is 25.5 Å². The summed E-state index contributed by atoms with van der Waals surface area (Å²) in [5.41, 5.74) is 0.384. The van der Waals surface area contributed by atoms with E-state index in [1.165, 1.54) is 0 Å². The fraction of sp³-hybridized carbons (Fsp3) is 0.700. The second kappa shape index (κ2) is 8.58. The maximum atomic E-state index is 11.7. The van der Waals surface area contributed by atoms with Crippen molar-refractivity contribution in [1.82, 2.24) is 0 Å². The predicted molar refractivity (Wildman–Crippen MR) is 56.2 cm³/mol. The Bertz CT molecular complexity index is 208. The number of unbranched alkanes of at least 4 members (excludes halogenated alkanes) is 2. The molecule has 0 aliphatic heterocycles. The number of esters is 1. The van der Waals surface area contributed by atoms with Crippen LogP contribution in [0, 0.1) is 0 Å². The van der Waals surface area contributed by atoms with Crippen molar-refractivity contribution in [3.05, 3.63) is 12.2 Å². The molecule has 0 spiro atoms. The summed E-state index contributed by atoms with van der Waals surface area (Å²) >= 11 is 0. The van der Waals surface area contributed by atoms with E-state index in [1.807, 2.05) is 0 Å². The van der Waals surface area contributed by atoms with Gasteiger partial charge in [-0.2, -0.15) is 0 Å². The van der Waals surface area contributed by atoms with Crippen LogP contribution in [0.25, 0.3) is 0 Å². The summed E-state index contributed by atoms with van der Waals surface area (Å²) in [6.07, 6.45) is 2.32. The van der Waals surface area contributed by atoms with E-state index in [2.05, 4.69) is 6.58 Å². The van der Waals surface area contributed by atoms with Gasteiger partial charge in [-0.3, -0.25) is 0 Å². The van der Waals surface area contributed by atoms with Gasteiger partial charge in [0, 0.05) is 5.57 Å². The van der Waals surface area contributed by atoms with E-state index in [0.717, 1.165) is 19.3 Å². The van der Waals surface area contributed by atoms with E-state index in [4.69, 9.17) is 4.74 Å². The Hall–Kier alpha value is -0.713. The summed E-state index contributed by atoms with van der Waals surface area (Å²) in [7, 11) is -0.263. The maximum absolute atomic E-state index is 11.7. The average molecular weight is 234 g/mol. The predicted octanol–water partition coefficient (Wildman–Crippen LogP) is 2.62. The molecular weight excluding hydrogens is 218 g/mol. The Labute approximate surface area is 91.5 Å². The van der Waals surface area contributed by atoms with Gasteiger partial charge in [0.2, 0.25) is 6.05 Å². The first-order valence-corrected chi connectivity index (χ1v) is 6.16. The van der Waals surface area contributed by atoms with Crippen LogP contribution in [0.15, 0.2) is 12.2 Å². The molecule has 86 valence electrons. The molecule has 5 heteroatoms. The molecule has 0 bridgehead atoms. The van der Waals surface area contributed by atoms with E-state index in [9.17, 15) is 13.6 Å². The van der Waals surface area contributed by atoms with Crippen LogP contribution in [0.1, 0.15) is 26.2 Å². The molecule has 0 aliphatic rings. The lowest BCUT2D eigenvalue weighted by Crippen LogP contribution is -2.06. The monoisotopic (exact) mass is 234 g/mol. The van der Waals surface area contributed by atoms with Gasteiger partial charge in [0.25, 0.3) is 0 Å². The first-order valence-electron chi connectivity index (χ1n) is 4.88. The molecule has 0 unspecified atom stereocenters. The Balaban J connectivity index is 3.18. The summed E-state index contributed by atoms with van der Waals surface area (Å²) in [6.45, 7) is 5.39. The topological polar surface area (TPSA) is 26.3 Å². The van der Waals surface area contributed by atoms with Gasteiger partial charge in [-0.15, -0.1) is 0 Å². The third kappa shape index (κ3) is 9.59. The number of carbonyl (C=O) groups is 1. The molecular formula is C10H16F2O2Si. The van der Waals surface area contributed by atoms with Gasteiger partial charge in [0.05, 0.1) is 6.61 Å². The minimum absolute atomic E-state index is 0.263. The fourth-order valence-corrected chi connectivity index (χ4v) is 1.58. The lowest BCUT2D eigenvalue weighted by molar-refractivity contribution is -0.139. The van der Waals surface area contributed by atoms with Crippen LogP contribution in [0.5, 0.6) is 0 Å². The van der Waals surface area contributed by atoms with Crippen LogP contribution in [-0.2, 0) is 9.53 Å². The highest BCUT2D eigenvalue weighted by atomic mass is 28.2. The molecule has 0 aliphatic carbocycles. The molecule has 15 heavy (non-hydrogen) atoms. The lowest BCUT2D eigenvalue weighted by Gasteiger charge is -2.03. The Kier molecular flexibility index (Phi) is 8.18. The fourth-order valence-electron chi connectivity index (χ4n) is 0.903. The zero-order valence-corrected chi connectivity index (χ0v) is 9.89. The van der Waals surface area contributed by atoms with E-state index in [0.29, 0.717) is 18.2 Å². The van der Waals surface area contributed by atoms with Crippen molar-refractivity contribution >= 4 is 15.5 Å². The van der Waals surface area contributed by atoms with Crippen molar-refractivity contribution in [3.63, 3.8) is 0 Å². The quantitative estimate of drug-likeness (QED) is 0.279. The van der Waals surface area contributed by atoms with Gasteiger partial charge >= 0.3 is 5.97 Å². The molecule has 0 aromatic heterocycles. The highest BCUT2D eigenvalue weighted by molar-refractivity contribution is 6.36. The standard InChI is InChI=1S/C10H16F2O2Si/c1-8(2)9(13)14-6-4-3-5-7-15-10(11)12/h10H,1,3-7H2,2H3. The first kappa shape index (κ1) is 14.3. The zero-order chi connectivity index (χ0) is 11.7. The molecule has 0 rings (SSSR count). The molecule has 0 amide bonds. The highest BCUT2D eigenvalue weighted by Crippen LogP contribution is 2.04. The number of hydrogen-bond donors (Lipinski definition) is 0. The number of rotatable bonds is 8. The summed E-state index contributed by atoms with van der Waals surface area (Å²) in [5, 5.41) is 0. The minimum atomic E-state index is -2.17. The molecule has 2 radical (unpaired) electrons.